The largest absolute Gasteiger partial charge is 0.493 e. The summed E-state index contributed by atoms with van der Waals surface area (Å²) < 4.78 is 12.9. The minimum absolute atomic E-state index is 0.353. The Balaban J connectivity index is 2.05. The number of esters is 1. The van der Waals surface area contributed by atoms with Crippen LogP contribution in [0.5, 0.6) is 5.75 Å². The fourth-order valence-electron chi connectivity index (χ4n) is 2.96. The van der Waals surface area contributed by atoms with Crippen molar-refractivity contribution >= 4 is 11.9 Å². The van der Waals surface area contributed by atoms with Crippen LogP contribution in [0.15, 0.2) is 36.5 Å². The van der Waals surface area contributed by atoms with Crippen molar-refractivity contribution in [3.63, 3.8) is 0 Å². The van der Waals surface area contributed by atoms with Crippen molar-refractivity contribution < 1.29 is 14.3 Å². The number of ether oxygens (including phenoxy) is 2. The van der Waals surface area contributed by atoms with E-state index in [4.69, 9.17) is 9.47 Å². The molecule has 8 nitrogen and oxygen atoms in total. The molecule has 1 aliphatic heterocycles. The molecule has 3 rings (SSSR count). The average Bonchev–Trinajstić information content (AvgIpc) is 3.11. The Morgan fingerprint density at radius 1 is 1.27 bits per heavy atom. The van der Waals surface area contributed by atoms with Crippen LogP contribution in [0.3, 0.4) is 0 Å². The van der Waals surface area contributed by atoms with Crippen LogP contribution in [0.1, 0.15) is 38.3 Å². The molecule has 0 amide bonds. The third kappa shape index (κ3) is 3.40. The van der Waals surface area contributed by atoms with Crippen molar-refractivity contribution in [3.8, 4) is 5.75 Å². The van der Waals surface area contributed by atoms with Gasteiger partial charge in [0.15, 0.2) is 0 Å². The Morgan fingerprint density at radius 3 is 2.81 bits per heavy atom. The van der Waals surface area contributed by atoms with Crippen molar-refractivity contribution in [1.82, 2.24) is 20.2 Å². The standard InChI is InChI=1S/C18H23N5O3/c1-4-10-25-14-9-7-6-8-13(14)16-15(17(24)26-11-5-2)12(3)19-18-20-21-22-23(16)18/h6-9,15-16H,3-5,10-11H2,1-2H3,(H,19,20,22)/t15-,16+/m0/s1. The normalized spacial score (nSPS) is 18.8. The van der Waals surface area contributed by atoms with Crippen LogP contribution in [0.4, 0.5) is 5.95 Å². The molecule has 2 atom stereocenters. The highest BCUT2D eigenvalue weighted by Gasteiger charge is 2.42. The van der Waals surface area contributed by atoms with Crippen LogP contribution in [0.2, 0.25) is 0 Å². The third-order valence-corrected chi connectivity index (χ3v) is 4.12. The van der Waals surface area contributed by atoms with E-state index in [1.165, 1.54) is 0 Å². The van der Waals surface area contributed by atoms with Crippen molar-refractivity contribution in [2.45, 2.75) is 32.7 Å². The summed E-state index contributed by atoms with van der Waals surface area (Å²) in [5.74, 6) is 0.110. The zero-order chi connectivity index (χ0) is 18.5. The van der Waals surface area contributed by atoms with Gasteiger partial charge in [-0.2, -0.15) is 0 Å². The molecule has 0 saturated carbocycles. The highest BCUT2D eigenvalue weighted by atomic mass is 16.5. The van der Waals surface area contributed by atoms with Gasteiger partial charge in [0, 0.05) is 11.3 Å². The van der Waals surface area contributed by atoms with Crippen molar-refractivity contribution in [2.75, 3.05) is 18.5 Å². The molecule has 0 radical (unpaired) electrons. The van der Waals surface area contributed by atoms with E-state index < -0.39 is 12.0 Å². The minimum atomic E-state index is -0.663. The van der Waals surface area contributed by atoms with E-state index >= 15 is 0 Å². The molecule has 26 heavy (non-hydrogen) atoms. The number of fused-ring (bicyclic) bond motifs is 1. The molecule has 2 aromatic rings. The topological polar surface area (TPSA) is 91.2 Å². The lowest BCUT2D eigenvalue weighted by molar-refractivity contribution is -0.148. The van der Waals surface area contributed by atoms with Gasteiger partial charge in [-0.3, -0.25) is 4.79 Å². The number of nitrogens with one attached hydrogen (secondary N) is 1. The summed E-state index contributed by atoms with van der Waals surface area (Å²) in [6.07, 6.45) is 1.63. The number of carbonyl (C=O) groups excluding carboxylic acids is 1. The molecule has 138 valence electrons. The number of rotatable bonds is 7. The van der Waals surface area contributed by atoms with Crippen molar-refractivity contribution in [2.24, 2.45) is 5.92 Å². The molecule has 0 saturated heterocycles. The fourth-order valence-corrected chi connectivity index (χ4v) is 2.96. The monoisotopic (exact) mass is 357 g/mol. The zero-order valence-corrected chi connectivity index (χ0v) is 15.0. The number of hydrogen-bond donors (Lipinski definition) is 1. The molecule has 8 heteroatoms. The van der Waals surface area contributed by atoms with Gasteiger partial charge in [0.05, 0.1) is 13.2 Å². The number of nitrogens with zero attached hydrogens (tertiary/aromatic N) is 4. The second-order valence-corrected chi connectivity index (χ2v) is 6.07. The first-order valence-electron chi connectivity index (χ1n) is 8.79. The molecular weight excluding hydrogens is 334 g/mol. The Hall–Kier alpha value is -2.90. The average molecular weight is 357 g/mol. The second kappa shape index (κ2) is 7.99. The van der Waals surface area contributed by atoms with Crippen molar-refractivity contribution in [1.29, 1.82) is 0 Å². The van der Waals surface area contributed by atoms with Gasteiger partial charge in [0.25, 0.3) is 0 Å². The molecule has 1 aromatic heterocycles. The molecule has 0 fully saturated rings. The zero-order valence-electron chi connectivity index (χ0n) is 15.0. The molecule has 1 aromatic carbocycles. The molecule has 0 aliphatic carbocycles. The Morgan fingerprint density at radius 2 is 2.04 bits per heavy atom. The first-order chi connectivity index (χ1) is 12.7. The molecule has 1 aliphatic rings. The van der Waals surface area contributed by atoms with Gasteiger partial charge in [0.1, 0.15) is 17.7 Å². The summed E-state index contributed by atoms with van der Waals surface area (Å²) in [5.41, 5.74) is 1.32. The molecule has 0 bridgehead atoms. The van der Waals surface area contributed by atoms with Crippen LogP contribution in [0, 0.1) is 5.92 Å². The van der Waals surface area contributed by atoms with Crippen LogP contribution in [0.25, 0.3) is 0 Å². The van der Waals surface area contributed by atoms with E-state index in [0.29, 0.717) is 30.6 Å². The lowest BCUT2D eigenvalue weighted by Crippen LogP contribution is -2.38. The van der Waals surface area contributed by atoms with Crippen LogP contribution in [-0.2, 0) is 9.53 Å². The number of para-hydroxylation sites is 1. The molecule has 2 heterocycles. The summed E-state index contributed by atoms with van der Waals surface area (Å²) >= 11 is 0. The first kappa shape index (κ1) is 17.9. The van der Waals surface area contributed by atoms with E-state index in [-0.39, 0.29) is 5.97 Å². The predicted octanol–water partition coefficient (Wildman–Crippen LogP) is 2.56. The SMILES string of the molecule is C=C1Nc2nnnn2[C@H](c2ccccc2OCCC)[C@H]1C(=O)OCCC. The van der Waals surface area contributed by atoms with E-state index in [9.17, 15) is 4.79 Å². The maximum absolute atomic E-state index is 12.8. The smallest absolute Gasteiger partial charge is 0.317 e. The summed E-state index contributed by atoms with van der Waals surface area (Å²) in [7, 11) is 0. The van der Waals surface area contributed by atoms with Gasteiger partial charge in [-0.05, 0) is 29.3 Å². The highest BCUT2D eigenvalue weighted by Crippen LogP contribution is 2.40. The van der Waals surface area contributed by atoms with Crippen molar-refractivity contribution in [3.05, 3.63) is 42.1 Å². The van der Waals surface area contributed by atoms with Crippen LogP contribution in [-0.4, -0.2) is 39.4 Å². The Kier molecular flexibility index (Phi) is 5.50. The van der Waals surface area contributed by atoms with Crippen LogP contribution < -0.4 is 10.1 Å². The summed E-state index contributed by atoms with van der Waals surface area (Å²) in [4.78, 5) is 12.8. The molecule has 0 unspecified atom stereocenters. The van der Waals surface area contributed by atoms with Gasteiger partial charge in [-0.1, -0.05) is 43.7 Å². The van der Waals surface area contributed by atoms with Gasteiger partial charge in [-0.15, -0.1) is 0 Å². The Labute approximate surface area is 152 Å². The molecular formula is C18H23N5O3. The summed E-state index contributed by atoms with van der Waals surface area (Å²) in [6, 6.07) is 7.10. The summed E-state index contributed by atoms with van der Waals surface area (Å²) in [5, 5.41) is 14.8. The van der Waals surface area contributed by atoms with E-state index in [0.717, 1.165) is 18.4 Å². The first-order valence-corrected chi connectivity index (χ1v) is 8.79. The number of hydrogen-bond acceptors (Lipinski definition) is 7. The minimum Gasteiger partial charge on any atom is -0.493 e. The van der Waals surface area contributed by atoms with Gasteiger partial charge < -0.3 is 14.8 Å². The number of carbonyl (C=O) groups is 1. The fraction of sp³-hybridized carbons (Fsp3) is 0.444. The van der Waals surface area contributed by atoms with Crippen LogP contribution >= 0.6 is 0 Å². The quantitative estimate of drug-likeness (QED) is 0.761. The number of aromatic nitrogens is 4. The third-order valence-electron chi connectivity index (χ3n) is 4.12. The lowest BCUT2D eigenvalue weighted by atomic mass is 9.88. The van der Waals surface area contributed by atoms with E-state index in [1.807, 2.05) is 38.1 Å². The van der Waals surface area contributed by atoms with Gasteiger partial charge in [-0.25, -0.2) is 4.68 Å². The maximum Gasteiger partial charge on any atom is 0.317 e. The van der Waals surface area contributed by atoms with Gasteiger partial charge in [0.2, 0.25) is 5.95 Å². The number of tetrazole rings is 1. The number of anilines is 1. The molecule has 0 spiro atoms. The lowest BCUT2D eigenvalue weighted by Gasteiger charge is -2.33. The van der Waals surface area contributed by atoms with Gasteiger partial charge >= 0.3 is 5.97 Å². The summed E-state index contributed by atoms with van der Waals surface area (Å²) in [6.45, 7) is 8.93. The highest BCUT2D eigenvalue weighted by molar-refractivity contribution is 5.79. The van der Waals surface area contributed by atoms with E-state index in [2.05, 4.69) is 27.4 Å². The predicted molar refractivity (Wildman–Crippen MR) is 95.7 cm³/mol. The second-order valence-electron chi connectivity index (χ2n) is 6.07. The van der Waals surface area contributed by atoms with E-state index in [1.54, 1.807) is 4.68 Å². The molecule has 1 N–H and O–H groups in total. The maximum atomic E-state index is 12.8. The number of benzene rings is 1. The Bertz CT molecular complexity index is 789.